The Morgan fingerprint density at radius 3 is 2.25 bits per heavy atom. The van der Waals surface area contributed by atoms with E-state index in [0.29, 0.717) is 15.7 Å². The van der Waals surface area contributed by atoms with Gasteiger partial charge in [0.25, 0.3) is 11.8 Å². The van der Waals surface area contributed by atoms with E-state index in [1.54, 1.807) is 12.1 Å². The summed E-state index contributed by atoms with van der Waals surface area (Å²) in [6.07, 6.45) is 0. The van der Waals surface area contributed by atoms with Crippen LogP contribution in [0.3, 0.4) is 0 Å². The van der Waals surface area contributed by atoms with E-state index in [-0.39, 0.29) is 22.5 Å². The second-order valence-electron chi connectivity index (χ2n) is 6.77. The maximum atomic E-state index is 14.4. The topological polar surface area (TPSA) is 58.6 Å². The number of hydrogen-bond acceptors (Lipinski definition) is 4. The molecule has 1 aliphatic rings. The minimum atomic E-state index is -0.965. The molecule has 0 aliphatic carbocycles. The molecule has 0 spiro atoms. The van der Waals surface area contributed by atoms with Gasteiger partial charge in [-0.3, -0.25) is 9.59 Å². The van der Waals surface area contributed by atoms with Crippen LogP contribution in [-0.4, -0.2) is 18.9 Å². The van der Waals surface area contributed by atoms with Crippen LogP contribution >= 0.6 is 11.6 Å². The summed E-state index contributed by atoms with van der Waals surface area (Å²) in [5, 5.41) is 3.15. The first-order chi connectivity index (χ1) is 15.3. The van der Waals surface area contributed by atoms with E-state index in [1.807, 2.05) is 0 Å². The summed E-state index contributed by atoms with van der Waals surface area (Å²) >= 11 is 6.05. The van der Waals surface area contributed by atoms with E-state index in [4.69, 9.17) is 16.3 Å². The van der Waals surface area contributed by atoms with Gasteiger partial charge in [0.1, 0.15) is 28.9 Å². The number of methoxy groups -OCH3 is 1. The summed E-state index contributed by atoms with van der Waals surface area (Å²) in [5.74, 6) is -3.87. The molecule has 0 saturated carbocycles. The molecule has 5 nitrogen and oxygen atoms in total. The van der Waals surface area contributed by atoms with Crippen molar-refractivity contribution < 1.29 is 27.5 Å². The number of halogens is 4. The molecule has 9 heteroatoms. The zero-order valence-electron chi connectivity index (χ0n) is 16.5. The number of ether oxygens (including phenoxy) is 1. The predicted octanol–water partition coefficient (Wildman–Crippen LogP) is 5.16. The molecule has 0 fully saturated rings. The summed E-state index contributed by atoms with van der Waals surface area (Å²) in [4.78, 5) is 27.0. The molecular formula is C23H14ClF3N2O3. The lowest BCUT2D eigenvalue weighted by Gasteiger charge is -2.16. The van der Waals surface area contributed by atoms with Crippen molar-refractivity contribution in [1.29, 1.82) is 0 Å². The van der Waals surface area contributed by atoms with Crippen LogP contribution in [-0.2, 0) is 9.59 Å². The number of benzene rings is 3. The van der Waals surface area contributed by atoms with Gasteiger partial charge >= 0.3 is 0 Å². The van der Waals surface area contributed by atoms with Crippen LogP contribution in [0.15, 0.2) is 66.4 Å². The Bertz CT molecular complexity index is 1280. The van der Waals surface area contributed by atoms with Crippen molar-refractivity contribution in [3.63, 3.8) is 0 Å². The summed E-state index contributed by atoms with van der Waals surface area (Å²) in [7, 11) is 1.40. The van der Waals surface area contributed by atoms with Gasteiger partial charge in [0.2, 0.25) is 0 Å². The van der Waals surface area contributed by atoms with Crippen LogP contribution in [0.1, 0.15) is 5.56 Å². The Morgan fingerprint density at radius 1 is 0.875 bits per heavy atom. The molecule has 1 heterocycles. The number of rotatable bonds is 5. The van der Waals surface area contributed by atoms with Gasteiger partial charge in [-0.1, -0.05) is 23.7 Å². The minimum absolute atomic E-state index is 0.152. The second-order valence-corrected chi connectivity index (χ2v) is 7.20. The summed E-state index contributed by atoms with van der Waals surface area (Å²) in [6.45, 7) is 0. The summed E-state index contributed by atoms with van der Waals surface area (Å²) < 4.78 is 46.9. The Kier molecular flexibility index (Phi) is 5.63. The monoisotopic (exact) mass is 458 g/mol. The molecule has 0 atom stereocenters. The van der Waals surface area contributed by atoms with E-state index in [1.165, 1.54) is 25.3 Å². The normalized spacial score (nSPS) is 13.7. The minimum Gasteiger partial charge on any atom is -0.495 e. The van der Waals surface area contributed by atoms with E-state index in [2.05, 4.69) is 5.32 Å². The first-order valence-electron chi connectivity index (χ1n) is 9.24. The average Bonchev–Trinajstić information content (AvgIpc) is 3.00. The number of nitrogens with zero attached hydrogens (tertiary/aromatic N) is 1. The fourth-order valence-corrected chi connectivity index (χ4v) is 3.49. The van der Waals surface area contributed by atoms with Crippen LogP contribution < -0.4 is 15.0 Å². The standard InChI is InChI=1S/C23H14ClF3N2O3/c1-32-19-9-4-13(24)10-17(19)28-21-20(12-2-5-14(25)6-3-12)22(30)29(23(21)31)18-11-15(26)7-8-16(18)27/h2-11,28H,1H3. The van der Waals surface area contributed by atoms with Gasteiger partial charge in [0.05, 0.1) is 24.1 Å². The number of anilines is 2. The first-order valence-corrected chi connectivity index (χ1v) is 9.62. The molecule has 4 rings (SSSR count). The summed E-state index contributed by atoms with van der Waals surface area (Å²) in [5.41, 5.74) is -0.467. The predicted molar refractivity (Wildman–Crippen MR) is 114 cm³/mol. The lowest BCUT2D eigenvalue weighted by atomic mass is 10.0. The SMILES string of the molecule is COc1ccc(Cl)cc1NC1=C(c2ccc(F)cc2)C(=O)N(c2cc(F)ccc2F)C1=O. The van der Waals surface area contributed by atoms with Crippen LogP contribution in [0.2, 0.25) is 5.02 Å². The quantitative estimate of drug-likeness (QED) is 0.536. The van der Waals surface area contributed by atoms with Crippen molar-refractivity contribution in [3.05, 3.63) is 94.4 Å². The molecule has 0 radical (unpaired) electrons. The molecule has 3 aromatic carbocycles. The van der Waals surface area contributed by atoms with Crippen molar-refractivity contribution in [2.45, 2.75) is 0 Å². The van der Waals surface area contributed by atoms with Crippen molar-refractivity contribution in [2.75, 3.05) is 17.3 Å². The molecule has 2 amide bonds. The molecule has 0 aromatic heterocycles. The molecule has 0 unspecified atom stereocenters. The lowest BCUT2D eigenvalue weighted by molar-refractivity contribution is -0.120. The first kappa shape index (κ1) is 21.5. The second kappa shape index (κ2) is 8.39. The van der Waals surface area contributed by atoms with Gasteiger partial charge < -0.3 is 10.1 Å². The van der Waals surface area contributed by atoms with Crippen molar-refractivity contribution in [1.82, 2.24) is 0 Å². The maximum Gasteiger partial charge on any atom is 0.282 e. The third-order valence-corrected chi connectivity index (χ3v) is 5.02. The third kappa shape index (κ3) is 3.80. The zero-order chi connectivity index (χ0) is 23.0. The highest BCUT2D eigenvalue weighted by molar-refractivity contribution is 6.46. The van der Waals surface area contributed by atoms with Gasteiger partial charge in [0.15, 0.2) is 0 Å². The van der Waals surface area contributed by atoms with Crippen molar-refractivity contribution in [2.24, 2.45) is 0 Å². The van der Waals surface area contributed by atoms with Crippen LogP contribution in [0.5, 0.6) is 5.75 Å². The number of amides is 2. The van der Waals surface area contributed by atoms with Gasteiger partial charge in [-0.15, -0.1) is 0 Å². The zero-order valence-corrected chi connectivity index (χ0v) is 17.2. The molecular weight excluding hydrogens is 445 g/mol. The molecule has 0 bridgehead atoms. The summed E-state index contributed by atoms with van der Waals surface area (Å²) in [6, 6.07) is 11.9. The van der Waals surface area contributed by atoms with E-state index in [0.717, 1.165) is 30.3 Å². The van der Waals surface area contributed by atoms with Crippen molar-refractivity contribution in [3.8, 4) is 5.75 Å². The lowest BCUT2D eigenvalue weighted by Crippen LogP contribution is -2.33. The van der Waals surface area contributed by atoms with E-state index in [9.17, 15) is 22.8 Å². The smallest absolute Gasteiger partial charge is 0.282 e. The maximum absolute atomic E-state index is 14.4. The molecule has 0 saturated heterocycles. The third-order valence-electron chi connectivity index (χ3n) is 4.79. The van der Waals surface area contributed by atoms with Gasteiger partial charge in [-0.25, -0.2) is 18.1 Å². The highest BCUT2D eigenvalue weighted by Crippen LogP contribution is 2.37. The molecule has 32 heavy (non-hydrogen) atoms. The average molecular weight is 459 g/mol. The Morgan fingerprint density at radius 2 is 1.56 bits per heavy atom. The van der Waals surface area contributed by atoms with E-state index < -0.39 is 35.0 Å². The number of carbonyl (C=O) groups excluding carboxylic acids is 2. The number of imide groups is 1. The number of carbonyl (C=O) groups is 2. The molecule has 1 N–H and O–H groups in total. The van der Waals surface area contributed by atoms with Crippen molar-refractivity contribution >= 4 is 40.4 Å². The highest BCUT2D eigenvalue weighted by Gasteiger charge is 2.41. The van der Waals surface area contributed by atoms with Gasteiger partial charge in [-0.2, -0.15) is 0 Å². The van der Waals surface area contributed by atoms with Crippen LogP contribution in [0, 0.1) is 17.5 Å². The highest BCUT2D eigenvalue weighted by atomic mass is 35.5. The van der Waals surface area contributed by atoms with Gasteiger partial charge in [-0.05, 0) is 48.0 Å². The fourth-order valence-electron chi connectivity index (χ4n) is 3.32. The Labute approximate surface area is 185 Å². The molecule has 162 valence electrons. The number of hydrogen-bond donors (Lipinski definition) is 1. The Hall–Kier alpha value is -3.78. The largest absolute Gasteiger partial charge is 0.495 e. The molecule has 1 aliphatic heterocycles. The van der Waals surface area contributed by atoms with Gasteiger partial charge in [0, 0.05) is 11.1 Å². The Balaban J connectivity index is 1.88. The van der Waals surface area contributed by atoms with Crippen LogP contribution in [0.25, 0.3) is 5.57 Å². The fraction of sp³-hybridized carbons (Fsp3) is 0.0435. The van der Waals surface area contributed by atoms with Crippen LogP contribution in [0.4, 0.5) is 24.5 Å². The van der Waals surface area contributed by atoms with E-state index >= 15 is 0 Å². The molecule has 3 aromatic rings. The number of nitrogens with one attached hydrogen (secondary N) is 1.